The quantitative estimate of drug-likeness (QED) is 0.426. The molecule has 0 aliphatic heterocycles. The number of nitrogens with one attached hydrogen (secondary N) is 1. The van der Waals surface area contributed by atoms with Crippen molar-refractivity contribution in [2.24, 2.45) is 11.3 Å². The van der Waals surface area contributed by atoms with Crippen molar-refractivity contribution in [2.75, 3.05) is 33.0 Å². The number of hydrogen-bond donors (Lipinski definition) is 1. The summed E-state index contributed by atoms with van der Waals surface area (Å²) in [5.41, 5.74) is 0.653. The highest BCUT2D eigenvalue weighted by atomic mass is 16.5. The van der Waals surface area contributed by atoms with E-state index in [1.54, 1.807) is 0 Å². The minimum Gasteiger partial charge on any atom is -0.380 e. The van der Waals surface area contributed by atoms with Gasteiger partial charge < -0.3 is 19.5 Å². The average Bonchev–Trinajstić information content (AvgIpc) is 2.50. The number of rotatable bonds is 15. The first-order chi connectivity index (χ1) is 12.4. The second kappa shape index (κ2) is 12.5. The zero-order valence-corrected chi connectivity index (χ0v) is 18.9. The van der Waals surface area contributed by atoms with Crippen molar-refractivity contribution in [3.8, 4) is 0 Å². The number of amides is 1. The fourth-order valence-electron chi connectivity index (χ4n) is 2.35. The van der Waals surface area contributed by atoms with Crippen LogP contribution in [0.3, 0.4) is 0 Å². The monoisotopic (exact) mass is 385 g/mol. The molecule has 5 nitrogen and oxygen atoms in total. The summed E-state index contributed by atoms with van der Waals surface area (Å²) >= 11 is 0. The summed E-state index contributed by atoms with van der Waals surface area (Å²) in [6.45, 7) is 23.2. The molecule has 1 N–H and O–H groups in total. The van der Waals surface area contributed by atoms with Gasteiger partial charge in [-0.2, -0.15) is 0 Å². The summed E-state index contributed by atoms with van der Waals surface area (Å²) in [4.78, 5) is 12.5. The minimum absolute atomic E-state index is 0.0364. The molecule has 27 heavy (non-hydrogen) atoms. The van der Waals surface area contributed by atoms with Gasteiger partial charge in [0, 0.05) is 19.8 Å². The SMILES string of the molecule is C=C(C)C(C)(C)CCOC(C)(C)CC(=O)NC(COCC)COCC(C)C. The normalized spacial score (nSPS) is 13.7. The predicted octanol–water partition coefficient (Wildman–Crippen LogP) is 4.36. The lowest BCUT2D eigenvalue weighted by Crippen LogP contribution is -2.44. The van der Waals surface area contributed by atoms with Gasteiger partial charge in [0.05, 0.1) is 31.3 Å². The van der Waals surface area contributed by atoms with Crippen molar-refractivity contribution in [1.82, 2.24) is 5.32 Å². The van der Waals surface area contributed by atoms with E-state index < -0.39 is 5.60 Å². The number of allylic oxidation sites excluding steroid dienone is 1. The maximum Gasteiger partial charge on any atom is 0.223 e. The van der Waals surface area contributed by atoms with Crippen molar-refractivity contribution >= 4 is 5.91 Å². The van der Waals surface area contributed by atoms with Crippen LogP contribution in [0.4, 0.5) is 0 Å². The van der Waals surface area contributed by atoms with Crippen LogP contribution in [0, 0.1) is 11.3 Å². The molecule has 1 amide bonds. The predicted molar refractivity (Wildman–Crippen MR) is 112 cm³/mol. The fraction of sp³-hybridized carbons (Fsp3) is 0.864. The van der Waals surface area contributed by atoms with E-state index in [1.165, 1.54) is 0 Å². The average molecular weight is 386 g/mol. The zero-order chi connectivity index (χ0) is 21.1. The Labute approximate surface area is 167 Å². The van der Waals surface area contributed by atoms with Gasteiger partial charge in [0.15, 0.2) is 0 Å². The molecule has 0 bridgehead atoms. The molecular weight excluding hydrogens is 342 g/mol. The minimum atomic E-state index is -0.524. The smallest absolute Gasteiger partial charge is 0.223 e. The van der Waals surface area contributed by atoms with Crippen LogP contribution < -0.4 is 5.32 Å². The summed E-state index contributed by atoms with van der Waals surface area (Å²) < 4.78 is 17.1. The van der Waals surface area contributed by atoms with E-state index in [4.69, 9.17) is 14.2 Å². The molecule has 0 heterocycles. The molecule has 0 spiro atoms. The van der Waals surface area contributed by atoms with Gasteiger partial charge in [0.25, 0.3) is 0 Å². The lowest BCUT2D eigenvalue weighted by atomic mass is 9.83. The second-order valence-corrected chi connectivity index (χ2v) is 9.05. The molecule has 0 aromatic rings. The number of carbonyl (C=O) groups is 1. The van der Waals surface area contributed by atoms with Crippen molar-refractivity contribution in [3.05, 3.63) is 12.2 Å². The summed E-state index contributed by atoms with van der Waals surface area (Å²) in [6, 6.07) is -0.144. The van der Waals surface area contributed by atoms with Gasteiger partial charge in [-0.05, 0) is 45.4 Å². The molecule has 0 aliphatic rings. The van der Waals surface area contributed by atoms with Crippen LogP contribution in [0.5, 0.6) is 0 Å². The van der Waals surface area contributed by atoms with E-state index in [0.29, 0.717) is 45.4 Å². The van der Waals surface area contributed by atoms with Crippen molar-refractivity contribution < 1.29 is 19.0 Å². The van der Waals surface area contributed by atoms with Crippen molar-refractivity contribution in [3.63, 3.8) is 0 Å². The molecule has 0 rings (SSSR count). The Morgan fingerprint density at radius 1 is 1.07 bits per heavy atom. The number of carbonyl (C=O) groups excluding carboxylic acids is 1. The Morgan fingerprint density at radius 3 is 2.19 bits per heavy atom. The van der Waals surface area contributed by atoms with E-state index >= 15 is 0 Å². The van der Waals surface area contributed by atoms with Gasteiger partial charge in [-0.25, -0.2) is 0 Å². The van der Waals surface area contributed by atoms with Crippen LogP contribution in [0.15, 0.2) is 12.2 Å². The fourth-order valence-corrected chi connectivity index (χ4v) is 2.35. The zero-order valence-electron chi connectivity index (χ0n) is 18.9. The highest BCUT2D eigenvalue weighted by molar-refractivity contribution is 5.77. The van der Waals surface area contributed by atoms with Crippen LogP contribution in [0.1, 0.15) is 68.2 Å². The molecule has 1 atom stereocenters. The second-order valence-electron chi connectivity index (χ2n) is 9.05. The standard InChI is InChI=1S/C22H43NO4/c1-10-25-15-19(16-26-14-17(2)3)23-20(24)13-22(8,9)27-12-11-21(6,7)18(4)5/h17,19H,4,10-16H2,1-3,5-9H3,(H,23,24). The largest absolute Gasteiger partial charge is 0.380 e. The Hall–Kier alpha value is -0.910. The molecule has 0 fully saturated rings. The molecule has 1 unspecified atom stereocenters. The molecule has 0 aromatic carbocycles. The van der Waals surface area contributed by atoms with E-state index in [9.17, 15) is 4.79 Å². The summed E-state index contributed by atoms with van der Waals surface area (Å²) in [5, 5.41) is 3.02. The molecule has 0 radical (unpaired) electrons. The van der Waals surface area contributed by atoms with Crippen LogP contribution >= 0.6 is 0 Å². The Balaban J connectivity index is 4.46. The van der Waals surface area contributed by atoms with Crippen molar-refractivity contribution in [2.45, 2.75) is 79.9 Å². The lowest BCUT2D eigenvalue weighted by molar-refractivity contribution is -0.129. The first-order valence-corrected chi connectivity index (χ1v) is 10.1. The van der Waals surface area contributed by atoms with Crippen molar-refractivity contribution in [1.29, 1.82) is 0 Å². The van der Waals surface area contributed by atoms with Gasteiger partial charge in [-0.15, -0.1) is 0 Å². The number of hydrogen-bond acceptors (Lipinski definition) is 4. The topological polar surface area (TPSA) is 56.8 Å². The van der Waals surface area contributed by atoms with Gasteiger partial charge in [0.1, 0.15) is 0 Å². The number of ether oxygens (including phenoxy) is 3. The van der Waals surface area contributed by atoms with Crippen LogP contribution in [-0.2, 0) is 19.0 Å². The molecule has 0 saturated heterocycles. The molecule has 0 aromatic heterocycles. The van der Waals surface area contributed by atoms with Crippen LogP contribution in [0.2, 0.25) is 0 Å². The molecular formula is C22H43NO4. The Morgan fingerprint density at radius 2 is 1.67 bits per heavy atom. The third kappa shape index (κ3) is 13.0. The Kier molecular flexibility index (Phi) is 12.1. The van der Waals surface area contributed by atoms with E-state index in [-0.39, 0.29) is 17.4 Å². The summed E-state index contributed by atoms with van der Waals surface area (Å²) in [6.07, 6.45) is 1.18. The van der Waals surface area contributed by atoms with E-state index in [0.717, 1.165) is 12.0 Å². The molecule has 0 saturated carbocycles. The van der Waals surface area contributed by atoms with Gasteiger partial charge in [-0.3, -0.25) is 4.79 Å². The third-order valence-corrected chi connectivity index (χ3v) is 4.62. The Bertz CT molecular complexity index is 444. The van der Waals surface area contributed by atoms with Gasteiger partial charge in [0.2, 0.25) is 5.91 Å². The van der Waals surface area contributed by atoms with Crippen LogP contribution in [0.25, 0.3) is 0 Å². The molecule has 5 heteroatoms. The van der Waals surface area contributed by atoms with Gasteiger partial charge >= 0.3 is 0 Å². The lowest BCUT2D eigenvalue weighted by Gasteiger charge is -2.30. The van der Waals surface area contributed by atoms with E-state index in [2.05, 4.69) is 39.6 Å². The maximum absolute atomic E-state index is 12.5. The summed E-state index contributed by atoms with van der Waals surface area (Å²) in [7, 11) is 0. The third-order valence-electron chi connectivity index (χ3n) is 4.62. The highest BCUT2D eigenvalue weighted by Crippen LogP contribution is 2.29. The summed E-state index contributed by atoms with van der Waals surface area (Å²) in [5.74, 6) is 0.418. The first-order valence-electron chi connectivity index (χ1n) is 10.1. The van der Waals surface area contributed by atoms with E-state index in [1.807, 2.05) is 27.7 Å². The highest BCUT2D eigenvalue weighted by Gasteiger charge is 2.26. The van der Waals surface area contributed by atoms with Crippen LogP contribution in [-0.4, -0.2) is 50.6 Å². The maximum atomic E-state index is 12.5. The first kappa shape index (κ1) is 26.1. The van der Waals surface area contributed by atoms with Gasteiger partial charge in [-0.1, -0.05) is 39.8 Å². The molecule has 0 aliphatic carbocycles. The molecule has 160 valence electrons.